The van der Waals surface area contributed by atoms with E-state index in [2.05, 4.69) is 34.7 Å². The van der Waals surface area contributed by atoms with Gasteiger partial charge in [0, 0.05) is 13.7 Å². The van der Waals surface area contributed by atoms with Gasteiger partial charge in [-0.05, 0) is 45.7 Å². The Kier molecular flexibility index (Phi) is 2.96. The van der Waals surface area contributed by atoms with Gasteiger partial charge < -0.3 is 0 Å². The van der Waals surface area contributed by atoms with Crippen LogP contribution in [0.15, 0.2) is 17.5 Å². The number of benzene rings is 1. The molecule has 0 bridgehead atoms. The largest absolute Gasteiger partial charge is 0.198 e. The molecule has 1 aromatic carbocycles. The first-order valence-electron chi connectivity index (χ1n) is 3.95. The standard InChI is InChI=1S/C10H5ClINS/c11-10-7(12)1-2-8-9(10)6(3-4-13)5-14-8/h1-2,5H,3H2. The van der Waals surface area contributed by atoms with E-state index in [0.717, 1.165) is 24.2 Å². The molecule has 4 heteroatoms. The van der Waals surface area contributed by atoms with E-state index in [0.29, 0.717) is 6.42 Å². The number of thiophene rings is 1. The van der Waals surface area contributed by atoms with Gasteiger partial charge in [-0.15, -0.1) is 11.3 Å². The molecule has 0 aliphatic carbocycles. The van der Waals surface area contributed by atoms with Crippen LogP contribution in [0.4, 0.5) is 0 Å². The van der Waals surface area contributed by atoms with Gasteiger partial charge in [0.05, 0.1) is 17.5 Å². The summed E-state index contributed by atoms with van der Waals surface area (Å²) < 4.78 is 2.19. The number of nitriles is 1. The summed E-state index contributed by atoms with van der Waals surface area (Å²) in [5.74, 6) is 0. The molecule has 0 amide bonds. The molecule has 0 aliphatic heterocycles. The molecule has 0 spiro atoms. The van der Waals surface area contributed by atoms with Crippen LogP contribution in [-0.2, 0) is 6.42 Å². The number of halogens is 2. The third-order valence-corrected chi connectivity index (χ3v) is 4.58. The molecule has 2 aromatic rings. The fourth-order valence-corrected chi connectivity index (χ4v) is 3.10. The Labute approximate surface area is 104 Å². The van der Waals surface area contributed by atoms with E-state index in [1.54, 1.807) is 11.3 Å². The lowest BCUT2D eigenvalue weighted by Gasteiger charge is -1.99. The average molecular weight is 334 g/mol. The molecule has 1 heterocycles. The fraction of sp³-hybridized carbons (Fsp3) is 0.100. The zero-order valence-corrected chi connectivity index (χ0v) is 10.8. The second-order valence-electron chi connectivity index (χ2n) is 2.83. The van der Waals surface area contributed by atoms with Crippen LogP contribution in [0.1, 0.15) is 5.56 Å². The molecule has 0 aliphatic rings. The Morgan fingerprint density at radius 1 is 1.50 bits per heavy atom. The highest BCUT2D eigenvalue weighted by atomic mass is 127. The Bertz CT molecular complexity index is 527. The van der Waals surface area contributed by atoms with Crippen molar-refractivity contribution in [1.82, 2.24) is 0 Å². The van der Waals surface area contributed by atoms with Crippen LogP contribution in [0.2, 0.25) is 5.02 Å². The predicted molar refractivity (Wildman–Crippen MR) is 68.9 cm³/mol. The van der Waals surface area contributed by atoms with Crippen molar-refractivity contribution < 1.29 is 0 Å². The molecule has 0 saturated carbocycles. The molecule has 0 radical (unpaired) electrons. The minimum absolute atomic E-state index is 0.430. The van der Waals surface area contributed by atoms with Gasteiger partial charge in [0.15, 0.2) is 0 Å². The topological polar surface area (TPSA) is 23.8 Å². The minimum Gasteiger partial charge on any atom is -0.198 e. The third kappa shape index (κ3) is 1.62. The maximum absolute atomic E-state index is 8.67. The summed E-state index contributed by atoms with van der Waals surface area (Å²) in [6.45, 7) is 0. The summed E-state index contributed by atoms with van der Waals surface area (Å²) in [6, 6.07) is 6.20. The van der Waals surface area contributed by atoms with Crippen LogP contribution in [0, 0.1) is 14.9 Å². The highest BCUT2D eigenvalue weighted by Gasteiger charge is 2.09. The van der Waals surface area contributed by atoms with Crippen molar-refractivity contribution >= 4 is 55.6 Å². The first-order chi connectivity index (χ1) is 6.74. The Morgan fingerprint density at radius 3 is 3.00 bits per heavy atom. The Hall–Kier alpha value is -0.310. The van der Waals surface area contributed by atoms with E-state index < -0.39 is 0 Å². The first-order valence-corrected chi connectivity index (χ1v) is 6.28. The summed E-state index contributed by atoms with van der Waals surface area (Å²) in [5, 5.41) is 12.5. The van der Waals surface area contributed by atoms with Crippen molar-refractivity contribution in [2.45, 2.75) is 6.42 Å². The fourth-order valence-electron chi connectivity index (χ4n) is 1.34. The van der Waals surface area contributed by atoms with Crippen molar-refractivity contribution in [3.8, 4) is 6.07 Å². The lowest BCUT2D eigenvalue weighted by atomic mass is 10.1. The normalized spacial score (nSPS) is 10.4. The smallest absolute Gasteiger partial charge is 0.0670 e. The van der Waals surface area contributed by atoms with Crippen molar-refractivity contribution in [2.75, 3.05) is 0 Å². The summed E-state index contributed by atoms with van der Waals surface area (Å²) in [6.07, 6.45) is 0.430. The molecule has 0 atom stereocenters. The van der Waals surface area contributed by atoms with Gasteiger partial charge in [0.2, 0.25) is 0 Å². The van der Waals surface area contributed by atoms with Crippen LogP contribution in [0.25, 0.3) is 10.1 Å². The molecule has 0 N–H and O–H groups in total. The molecule has 2 rings (SSSR count). The van der Waals surface area contributed by atoms with Gasteiger partial charge in [-0.3, -0.25) is 0 Å². The molecule has 0 fully saturated rings. The van der Waals surface area contributed by atoms with Gasteiger partial charge in [0.25, 0.3) is 0 Å². The van der Waals surface area contributed by atoms with Crippen molar-refractivity contribution in [3.63, 3.8) is 0 Å². The van der Waals surface area contributed by atoms with Crippen molar-refractivity contribution in [3.05, 3.63) is 31.7 Å². The first kappa shape index (κ1) is 10.2. The molecule has 0 saturated heterocycles. The zero-order valence-electron chi connectivity index (χ0n) is 7.05. The highest BCUT2D eigenvalue weighted by molar-refractivity contribution is 14.1. The monoisotopic (exact) mass is 333 g/mol. The second kappa shape index (κ2) is 4.05. The van der Waals surface area contributed by atoms with Crippen LogP contribution in [-0.4, -0.2) is 0 Å². The number of fused-ring (bicyclic) bond motifs is 1. The molecule has 70 valence electrons. The number of hydrogen-bond acceptors (Lipinski definition) is 2. The summed E-state index contributed by atoms with van der Waals surface area (Å²) >= 11 is 10.0. The van der Waals surface area contributed by atoms with Crippen LogP contribution >= 0.6 is 45.5 Å². The van der Waals surface area contributed by atoms with E-state index in [9.17, 15) is 0 Å². The molecular formula is C10H5ClINS. The summed E-state index contributed by atoms with van der Waals surface area (Å²) in [5.41, 5.74) is 1.04. The molecule has 1 nitrogen and oxygen atoms in total. The quantitative estimate of drug-likeness (QED) is 0.717. The average Bonchev–Trinajstić information content (AvgIpc) is 2.57. The van der Waals surface area contributed by atoms with Gasteiger partial charge in [0.1, 0.15) is 0 Å². The maximum atomic E-state index is 8.67. The number of nitrogens with zero attached hydrogens (tertiary/aromatic N) is 1. The van der Waals surface area contributed by atoms with E-state index in [-0.39, 0.29) is 0 Å². The molecule has 1 aromatic heterocycles. The molecule has 0 unspecified atom stereocenters. The van der Waals surface area contributed by atoms with Crippen molar-refractivity contribution in [1.29, 1.82) is 5.26 Å². The predicted octanol–water partition coefficient (Wildman–Crippen LogP) is 4.23. The van der Waals surface area contributed by atoms with Crippen LogP contribution in [0.3, 0.4) is 0 Å². The highest BCUT2D eigenvalue weighted by Crippen LogP contribution is 2.35. The Balaban J connectivity index is 2.77. The lowest BCUT2D eigenvalue weighted by Crippen LogP contribution is -1.81. The number of hydrogen-bond donors (Lipinski definition) is 0. The van der Waals surface area contributed by atoms with E-state index in [1.807, 2.05) is 11.4 Å². The Morgan fingerprint density at radius 2 is 2.29 bits per heavy atom. The molecular weight excluding hydrogens is 329 g/mol. The third-order valence-electron chi connectivity index (χ3n) is 1.98. The SMILES string of the molecule is N#CCc1csc2ccc(I)c(Cl)c12. The van der Waals surface area contributed by atoms with Gasteiger partial charge >= 0.3 is 0 Å². The van der Waals surface area contributed by atoms with Crippen LogP contribution in [0.5, 0.6) is 0 Å². The van der Waals surface area contributed by atoms with E-state index in [1.165, 1.54) is 0 Å². The lowest BCUT2D eigenvalue weighted by molar-refractivity contribution is 1.30. The van der Waals surface area contributed by atoms with Gasteiger partial charge in [-0.1, -0.05) is 11.6 Å². The second-order valence-corrected chi connectivity index (χ2v) is 5.28. The maximum Gasteiger partial charge on any atom is 0.0670 e. The minimum atomic E-state index is 0.430. The number of rotatable bonds is 1. The van der Waals surface area contributed by atoms with Crippen molar-refractivity contribution in [2.24, 2.45) is 0 Å². The van der Waals surface area contributed by atoms with E-state index >= 15 is 0 Å². The summed E-state index contributed by atoms with van der Waals surface area (Å²) in [4.78, 5) is 0. The molecule has 14 heavy (non-hydrogen) atoms. The van der Waals surface area contributed by atoms with Gasteiger partial charge in [-0.25, -0.2) is 0 Å². The van der Waals surface area contributed by atoms with Gasteiger partial charge in [-0.2, -0.15) is 5.26 Å². The zero-order chi connectivity index (χ0) is 10.1. The van der Waals surface area contributed by atoms with E-state index in [4.69, 9.17) is 16.9 Å². The van der Waals surface area contributed by atoms with Crippen LogP contribution < -0.4 is 0 Å². The summed E-state index contributed by atoms with van der Waals surface area (Å²) in [7, 11) is 0.